The minimum atomic E-state index is 0.600. The predicted molar refractivity (Wildman–Crippen MR) is 74.6 cm³/mol. The summed E-state index contributed by atoms with van der Waals surface area (Å²) >= 11 is 6.00. The molecule has 0 atom stereocenters. The Morgan fingerprint density at radius 3 is 2.75 bits per heavy atom. The molecule has 0 aliphatic heterocycles. The van der Waals surface area contributed by atoms with Crippen molar-refractivity contribution in [1.82, 2.24) is 24.6 Å². The number of nitrogens with zero attached hydrogens (tertiary/aromatic N) is 5. The van der Waals surface area contributed by atoms with Gasteiger partial charge in [-0.3, -0.25) is 4.40 Å². The van der Waals surface area contributed by atoms with Crippen LogP contribution in [0.2, 0.25) is 5.02 Å². The molecule has 3 heterocycles. The fourth-order valence-electron chi connectivity index (χ4n) is 1.85. The summed E-state index contributed by atoms with van der Waals surface area (Å²) in [5.74, 6) is 1.41. The molecule has 6 nitrogen and oxygen atoms in total. The lowest BCUT2D eigenvalue weighted by Gasteiger charge is -2.02. The summed E-state index contributed by atoms with van der Waals surface area (Å²) in [4.78, 5) is 8.59. The topological polar surface area (TPSA) is 65.2 Å². The monoisotopic (exact) mass is 289 g/mol. The molecular weight excluding hydrogens is 278 g/mol. The van der Waals surface area contributed by atoms with E-state index in [4.69, 9.17) is 16.3 Å². The molecule has 0 aliphatic carbocycles. The minimum Gasteiger partial charge on any atom is -0.384 e. The first-order valence-electron chi connectivity index (χ1n) is 6.08. The lowest BCUT2D eigenvalue weighted by atomic mass is 10.3. The van der Waals surface area contributed by atoms with E-state index in [-0.39, 0.29) is 0 Å². The van der Waals surface area contributed by atoms with Crippen LogP contribution in [-0.2, 0) is 11.2 Å². The lowest BCUT2D eigenvalue weighted by Crippen LogP contribution is -2.01. The smallest absolute Gasteiger partial charge is 0.171 e. The largest absolute Gasteiger partial charge is 0.384 e. The molecule has 0 aromatic carbocycles. The van der Waals surface area contributed by atoms with Gasteiger partial charge in [-0.15, -0.1) is 10.2 Å². The van der Waals surface area contributed by atoms with E-state index < -0.39 is 0 Å². The van der Waals surface area contributed by atoms with E-state index >= 15 is 0 Å². The second-order valence-electron chi connectivity index (χ2n) is 4.23. The van der Waals surface area contributed by atoms with Crippen LogP contribution in [0.5, 0.6) is 0 Å². The molecule has 20 heavy (non-hydrogen) atoms. The Morgan fingerprint density at radius 1 is 1.20 bits per heavy atom. The quantitative estimate of drug-likeness (QED) is 0.735. The Kier molecular flexibility index (Phi) is 3.58. The van der Waals surface area contributed by atoms with Gasteiger partial charge in [0.2, 0.25) is 0 Å². The third-order valence-corrected chi connectivity index (χ3v) is 3.08. The van der Waals surface area contributed by atoms with Crippen molar-refractivity contribution in [2.45, 2.75) is 6.42 Å². The molecule has 0 saturated heterocycles. The van der Waals surface area contributed by atoms with Crippen LogP contribution in [0.15, 0.2) is 30.7 Å². The number of rotatable bonds is 4. The zero-order valence-corrected chi connectivity index (χ0v) is 11.6. The van der Waals surface area contributed by atoms with Gasteiger partial charge in [0, 0.05) is 32.1 Å². The van der Waals surface area contributed by atoms with Crippen molar-refractivity contribution in [1.29, 1.82) is 0 Å². The second kappa shape index (κ2) is 5.52. The molecule has 0 saturated carbocycles. The highest BCUT2D eigenvalue weighted by molar-refractivity contribution is 6.30. The van der Waals surface area contributed by atoms with Gasteiger partial charge >= 0.3 is 0 Å². The molecule has 102 valence electrons. The molecule has 0 spiro atoms. The maximum absolute atomic E-state index is 6.00. The zero-order valence-electron chi connectivity index (χ0n) is 10.8. The van der Waals surface area contributed by atoms with Crippen molar-refractivity contribution < 1.29 is 4.74 Å². The summed E-state index contributed by atoms with van der Waals surface area (Å²) in [6, 6.07) is 3.59. The normalized spacial score (nSPS) is 11.1. The molecular formula is C13H12ClN5O. The van der Waals surface area contributed by atoms with E-state index in [0.717, 1.165) is 17.0 Å². The molecule has 3 aromatic heterocycles. The first-order valence-corrected chi connectivity index (χ1v) is 6.46. The average molecular weight is 290 g/mol. The fourth-order valence-corrected chi connectivity index (χ4v) is 2.01. The number of fused-ring (bicyclic) bond motifs is 1. The maximum Gasteiger partial charge on any atom is 0.171 e. The predicted octanol–water partition coefficient (Wildman–Crippen LogP) is 2.03. The van der Waals surface area contributed by atoms with Crippen LogP contribution in [0, 0.1) is 0 Å². The summed E-state index contributed by atoms with van der Waals surface area (Å²) in [7, 11) is 1.65. The summed E-state index contributed by atoms with van der Waals surface area (Å²) in [6.07, 6.45) is 5.92. The zero-order chi connectivity index (χ0) is 13.9. The number of ether oxygens (including phenoxy) is 1. The Hall–Kier alpha value is -2.05. The maximum atomic E-state index is 6.00. The molecule has 3 aromatic rings. The van der Waals surface area contributed by atoms with Crippen LogP contribution >= 0.6 is 11.6 Å². The number of methoxy groups -OCH3 is 1. The molecule has 7 heteroatoms. The van der Waals surface area contributed by atoms with E-state index in [1.807, 2.05) is 10.5 Å². The Morgan fingerprint density at radius 2 is 2.00 bits per heavy atom. The number of hydrogen-bond acceptors (Lipinski definition) is 5. The first kappa shape index (κ1) is 13.0. The van der Waals surface area contributed by atoms with Gasteiger partial charge < -0.3 is 4.74 Å². The lowest BCUT2D eigenvalue weighted by molar-refractivity contribution is 0.200. The van der Waals surface area contributed by atoms with Crippen LogP contribution in [0.3, 0.4) is 0 Å². The van der Waals surface area contributed by atoms with Gasteiger partial charge in [-0.25, -0.2) is 9.97 Å². The van der Waals surface area contributed by atoms with E-state index in [1.165, 1.54) is 0 Å². The standard InChI is InChI=1S/C13H12ClN5O/c1-20-5-4-11-15-6-9(7-16-11)13-18-17-12-3-2-10(14)8-19(12)13/h2-3,6-8H,4-5H2,1H3. The Balaban J connectivity index is 1.96. The van der Waals surface area contributed by atoms with Crippen LogP contribution in [0.1, 0.15) is 5.82 Å². The summed E-state index contributed by atoms with van der Waals surface area (Å²) in [6.45, 7) is 0.600. The van der Waals surface area contributed by atoms with Gasteiger partial charge in [0.1, 0.15) is 5.82 Å². The molecule has 0 unspecified atom stereocenters. The van der Waals surface area contributed by atoms with Gasteiger partial charge in [-0.1, -0.05) is 11.6 Å². The van der Waals surface area contributed by atoms with Crippen LogP contribution in [0.4, 0.5) is 0 Å². The summed E-state index contributed by atoms with van der Waals surface area (Å²) in [5, 5.41) is 8.86. The average Bonchev–Trinajstić information content (AvgIpc) is 2.88. The van der Waals surface area contributed by atoms with Crippen LogP contribution < -0.4 is 0 Å². The molecule has 0 amide bonds. The Bertz CT molecular complexity index is 725. The van der Waals surface area contributed by atoms with E-state index in [0.29, 0.717) is 23.9 Å². The fraction of sp³-hybridized carbons (Fsp3) is 0.231. The highest BCUT2D eigenvalue weighted by atomic mass is 35.5. The van der Waals surface area contributed by atoms with Gasteiger partial charge in [0.15, 0.2) is 11.5 Å². The third kappa shape index (κ3) is 2.48. The summed E-state index contributed by atoms with van der Waals surface area (Å²) < 4.78 is 6.81. The van der Waals surface area contributed by atoms with Crippen molar-refractivity contribution in [3.05, 3.63) is 41.6 Å². The molecule has 0 radical (unpaired) electrons. The molecule has 0 bridgehead atoms. The van der Waals surface area contributed by atoms with Crippen molar-refractivity contribution in [3.8, 4) is 11.4 Å². The van der Waals surface area contributed by atoms with E-state index in [1.54, 1.807) is 31.8 Å². The number of halogens is 1. The Labute approximate surface area is 120 Å². The van der Waals surface area contributed by atoms with Gasteiger partial charge in [-0.2, -0.15) is 0 Å². The van der Waals surface area contributed by atoms with E-state index in [2.05, 4.69) is 20.2 Å². The van der Waals surface area contributed by atoms with Crippen molar-refractivity contribution >= 4 is 17.2 Å². The number of pyridine rings is 1. The van der Waals surface area contributed by atoms with Crippen molar-refractivity contribution in [2.24, 2.45) is 0 Å². The van der Waals surface area contributed by atoms with Gasteiger partial charge in [0.25, 0.3) is 0 Å². The van der Waals surface area contributed by atoms with Crippen LogP contribution in [0.25, 0.3) is 17.0 Å². The molecule has 0 N–H and O–H groups in total. The highest BCUT2D eigenvalue weighted by Gasteiger charge is 2.09. The number of aromatic nitrogens is 5. The van der Waals surface area contributed by atoms with Gasteiger partial charge in [-0.05, 0) is 12.1 Å². The molecule has 3 rings (SSSR count). The minimum absolute atomic E-state index is 0.600. The van der Waals surface area contributed by atoms with Crippen LogP contribution in [-0.4, -0.2) is 38.3 Å². The summed E-state index contributed by atoms with van der Waals surface area (Å²) in [5.41, 5.74) is 1.52. The van der Waals surface area contributed by atoms with Crippen molar-refractivity contribution in [2.75, 3.05) is 13.7 Å². The SMILES string of the molecule is COCCc1ncc(-c2nnc3ccc(Cl)cn23)cn1. The number of hydrogen-bond donors (Lipinski definition) is 0. The van der Waals surface area contributed by atoms with Crippen molar-refractivity contribution in [3.63, 3.8) is 0 Å². The second-order valence-corrected chi connectivity index (χ2v) is 4.67. The van der Waals surface area contributed by atoms with E-state index in [9.17, 15) is 0 Å². The molecule has 0 fully saturated rings. The highest BCUT2D eigenvalue weighted by Crippen LogP contribution is 2.19. The molecule has 0 aliphatic rings. The first-order chi connectivity index (χ1) is 9.78. The third-order valence-electron chi connectivity index (χ3n) is 2.86. The van der Waals surface area contributed by atoms with Gasteiger partial charge in [0.05, 0.1) is 17.2 Å².